The van der Waals surface area contributed by atoms with Crippen molar-refractivity contribution in [2.75, 3.05) is 7.05 Å². The molecule has 0 spiro atoms. The largest absolute Gasteiger partial charge is 0.316 e. The van der Waals surface area contributed by atoms with Crippen molar-refractivity contribution in [3.8, 4) is 0 Å². The molecule has 2 unspecified atom stereocenters. The van der Waals surface area contributed by atoms with Crippen LogP contribution in [-0.4, -0.2) is 13.1 Å². The van der Waals surface area contributed by atoms with Crippen molar-refractivity contribution >= 4 is 11.6 Å². The van der Waals surface area contributed by atoms with E-state index in [1.165, 1.54) is 12.0 Å². The van der Waals surface area contributed by atoms with Gasteiger partial charge in [0.25, 0.3) is 0 Å². The minimum atomic E-state index is 0.520. The predicted octanol–water partition coefficient (Wildman–Crippen LogP) is 3.52. The average molecular weight is 238 g/mol. The molecule has 1 nitrogen and oxygen atoms in total. The Bertz CT molecular complexity index is 373. The Morgan fingerprint density at radius 1 is 1.50 bits per heavy atom. The molecule has 0 radical (unpaired) electrons. The normalized spacial score (nSPS) is 24.1. The van der Waals surface area contributed by atoms with E-state index >= 15 is 0 Å². The number of halogens is 1. The summed E-state index contributed by atoms with van der Waals surface area (Å²) in [7, 11) is 2.06. The molecule has 88 valence electrons. The van der Waals surface area contributed by atoms with Gasteiger partial charge in [-0.05, 0) is 48.9 Å². The first kappa shape index (κ1) is 11.9. The zero-order valence-corrected chi connectivity index (χ0v) is 11.0. The molecule has 1 aliphatic rings. The van der Waals surface area contributed by atoms with Crippen LogP contribution < -0.4 is 5.32 Å². The first-order valence-corrected chi connectivity index (χ1v) is 6.32. The maximum absolute atomic E-state index is 6.00. The van der Waals surface area contributed by atoms with Crippen molar-refractivity contribution in [3.05, 3.63) is 34.9 Å². The van der Waals surface area contributed by atoms with E-state index in [-0.39, 0.29) is 0 Å². The molecule has 1 aromatic carbocycles. The highest BCUT2D eigenvalue weighted by Gasteiger charge is 2.49. The Balaban J connectivity index is 2.03. The molecule has 1 saturated carbocycles. The predicted molar refractivity (Wildman–Crippen MR) is 69.9 cm³/mol. The SMILES string of the molecule is CNC(Cc1cccc(Cl)c1)C1CC1(C)C. The summed E-state index contributed by atoms with van der Waals surface area (Å²) in [4.78, 5) is 0. The third kappa shape index (κ3) is 2.58. The number of hydrogen-bond donors (Lipinski definition) is 1. The van der Waals surface area contributed by atoms with Gasteiger partial charge in [-0.15, -0.1) is 0 Å². The van der Waals surface area contributed by atoms with E-state index in [9.17, 15) is 0 Å². The minimum absolute atomic E-state index is 0.520. The molecule has 1 fully saturated rings. The van der Waals surface area contributed by atoms with Crippen LogP contribution in [0.5, 0.6) is 0 Å². The van der Waals surface area contributed by atoms with Gasteiger partial charge in [0.05, 0.1) is 0 Å². The second kappa shape index (κ2) is 4.38. The number of nitrogens with one attached hydrogen (secondary N) is 1. The molecule has 2 heteroatoms. The quantitative estimate of drug-likeness (QED) is 0.845. The molecule has 1 aromatic rings. The van der Waals surface area contributed by atoms with Gasteiger partial charge in [0.2, 0.25) is 0 Å². The lowest BCUT2D eigenvalue weighted by Gasteiger charge is -2.18. The highest BCUT2D eigenvalue weighted by Crippen LogP contribution is 2.53. The fourth-order valence-electron chi connectivity index (χ4n) is 2.56. The summed E-state index contributed by atoms with van der Waals surface area (Å²) in [5.74, 6) is 0.802. The summed E-state index contributed by atoms with van der Waals surface area (Å²) in [6.45, 7) is 4.69. The van der Waals surface area contributed by atoms with E-state index in [0.29, 0.717) is 11.5 Å². The second-order valence-electron chi connectivity index (χ2n) is 5.53. The van der Waals surface area contributed by atoms with Crippen molar-refractivity contribution in [2.45, 2.75) is 32.7 Å². The van der Waals surface area contributed by atoms with Gasteiger partial charge in [-0.1, -0.05) is 37.6 Å². The Labute approximate surface area is 103 Å². The number of rotatable bonds is 4. The Hall–Kier alpha value is -0.530. The lowest BCUT2D eigenvalue weighted by Crippen LogP contribution is -2.31. The van der Waals surface area contributed by atoms with Gasteiger partial charge < -0.3 is 5.32 Å². The summed E-state index contributed by atoms with van der Waals surface area (Å²) < 4.78 is 0. The maximum atomic E-state index is 6.00. The molecular weight excluding hydrogens is 218 g/mol. The van der Waals surface area contributed by atoms with Crippen LogP contribution in [0.25, 0.3) is 0 Å². The Kier molecular flexibility index (Phi) is 3.27. The summed E-state index contributed by atoms with van der Waals surface area (Å²) in [6.07, 6.45) is 2.41. The smallest absolute Gasteiger partial charge is 0.0408 e. The van der Waals surface area contributed by atoms with Crippen molar-refractivity contribution < 1.29 is 0 Å². The van der Waals surface area contributed by atoms with Gasteiger partial charge in [-0.2, -0.15) is 0 Å². The standard InChI is InChI=1S/C14H20ClN/c1-14(2)9-12(14)13(16-3)8-10-5-4-6-11(15)7-10/h4-7,12-13,16H,8-9H2,1-3H3. The van der Waals surface area contributed by atoms with Gasteiger partial charge in [0.1, 0.15) is 0 Å². The highest BCUT2D eigenvalue weighted by molar-refractivity contribution is 6.30. The van der Waals surface area contributed by atoms with E-state index in [1.54, 1.807) is 0 Å². The lowest BCUT2D eigenvalue weighted by molar-refractivity contribution is 0.426. The van der Waals surface area contributed by atoms with Crippen LogP contribution in [0.2, 0.25) is 5.02 Å². The molecule has 16 heavy (non-hydrogen) atoms. The van der Waals surface area contributed by atoms with E-state index in [1.807, 2.05) is 12.1 Å². The van der Waals surface area contributed by atoms with Crippen LogP contribution >= 0.6 is 11.6 Å². The van der Waals surface area contributed by atoms with Crippen LogP contribution in [0.3, 0.4) is 0 Å². The Morgan fingerprint density at radius 2 is 2.19 bits per heavy atom. The fraction of sp³-hybridized carbons (Fsp3) is 0.571. The third-order valence-corrected chi connectivity index (χ3v) is 4.03. The molecule has 2 rings (SSSR count). The number of likely N-dealkylation sites (N-methyl/N-ethyl adjacent to an activating group) is 1. The maximum Gasteiger partial charge on any atom is 0.0408 e. The average Bonchev–Trinajstić information content (AvgIpc) is 2.84. The van der Waals surface area contributed by atoms with E-state index in [4.69, 9.17) is 11.6 Å². The minimum Gasteiger partial charge on any atom is -0.316 e. The van der Waals surface area contributed by atoms with Crippen molar-refractivity contribution in [1.29, 1.82) is 0 Å². The number of hydrogen-bond acceptors (Lipinski definition) is 1. The van der Waals surface area contributed by atoms with Gasteiger partial charge in [-0.25, -0.2) is 0 Å². The summed E-state index contributed by atoms with van der Waals surface area (Å²) in [6, 6.07) is 8.77. The van der Waals surface area contributed by atoms with Crippen molar-refractivity contribution in [1.82, 2.24) is 5.32 Å². The highest BCUT2D eigenvalue weighted by atomic mass is 35.5. The van der Waals surface area contributed by atoms with Crippen LogP contribution in [0.4, 0.5) is 0 Å². The van der Waals surface area contributed by atoms with Gasteiger partial charge in [-0.3, -0.25) is 0 Å². The summed E-state index contributed by atoms with van der Waals surface area (Å²) >= 11 is 6.00. The van der Waals surface area contributed by atoms with Crippen LogP contribution in [-0.2, 0) is 6.42 Å². The first-order chi connectivity index (χ1) is 7.53. The van der Waals surface area contributed by atoms with E-state index in [2.05, 4.69) is 38.3 Å². The monoisotopic (exact) mass is 237 g/mol. The van der Waals surface area contributed by atoms with Gasteiger partial charge in [0.15, 0.2) is 0 Å². The van der Waals surface area contributed by atoms with E-state index < -0.39 is 0 Å². The van der Waals surface area contributed by atoms with Crippen LogP contribution in [0.1, 0.15) is 25.8 Å². The van der Waals surface area contributed by atoms with Crippen LogP contribution in [0.15, 0.2) is 24.3 Å². The molecule has 0 aliphatic heterocycles. The molecule has 0 saturated heterocycles. The molecule has 1 N–H and O–H groups in total. The molecular formula is C14H20ClN. The topological polar surface area (TPSA) is 12.0 Å². The zero-order chi connectivity index (χ0) is 11.8. The molecule has 1 aliphatic carbocycles. The molecule has 2 atom stereocenters. The molecule has 0 amide bonds. The summed E-state index contributed by atoms with van der Waals surface area (Å²) in [5.41, 5.74) is 1.85. The fourth-order valence-corrected chi connectivity index (χ4v) is 2.77. The zero-order valence-electron chi connectivity index (χ0n) is 10.3. The molecule has 0 heterocycles. The van der Waals surface area contributed by atoms with Crippen molar-refractivity contribution in [3.63, 3.8) is 0 Å². The summed E-state index contributed by atoms with van der Waals surface area (Å²) in [5, 5.41) is 4.28. The van der Waals surface area contributed by atoms with Crippen molar-refractivity contribution in [2.24, 2.45) is 11.3 Å². The first-order valence-electron chi connectivity index (χ1n) is 5.94. The van der Waals surface area contributed by atoms with Gasteiger partial charge in [0, 0.05) is 11.1 Å². The third-order valence-electron chi connectivity index (χ3n) is 3.79. The molecule has 0 aromatic heterocycles. The van der Waals surface area contributed by atoms with Crippen LogP contribution in [0, 0.1) is 11.3 Å². The number of benzene rings is 1. The second-order valence-corrected chi connectivity index (χ2v) is 5.96. The van der Waals surface area contributed by atoms with Gasteiger partial charge >= 0.3 is 0 Å². The van der Waals surface area contributed by atoms with E-state index in [0.717, 1.165) is 17.4 Å². The molecule has 0 bridgehead atoms. The Morgan fingerprint density at radius 3 is 2.69 bits per heavy atom. The lowest BCUT2D eigenvalue weighted by atomic mass is 9.97.